The van der Waals surface area contributed by atoms with Crippen LogP contribution in [0.15, 0.2) is 5.16 Å². The molecule has 0 amide bonds. The number of fused-ring (bicyclic) bond motifs is 5. The minimum atomic E-state index is -0.264. The predicted octanol–water partition coefficient (Wildman–Crippen LogP) is 3.73. The van der Waals surface area contributed by atoms with Gasteiger partial charge in [-0.25, -0.2) is 0 Å². The van der Waals surface area contributed by atoms with Crippen LogP contribution in [0, 0.1) is 40.4 Å². The third-order valence-electron chi connectivity index (χ3n) is 10.5. The molecule has 5 rings (SSSR count). The maximum atomic E-state index is 11.5. The van der Waals surface area contributed by atoms with Gasteiger partial charge in [0.05, 0.1) is 17.9 Å². The van der Waals surface area contributed by atoms with E-state index in [4.69, 9.17) is 4.84 Å². The van der Waals surface area contributed by atoms with Gasteiger partial charge in [0.2, 0.25) is 0 Å². The first-order valence-electron chi connectivity index (χ1n) is 12.7. The van der Waals surface area contributed by atoms with Crippen LogP contribution in [0.25, 0.3) is 0 Å². The topological polar surface area (TPSA) is 74.1 Å². The highest BCUT2D eigenvalue weighted by Gasteiger charge is 2.63. The number of hydrogen-bond donors (Lipinski definition) is 3. The minimum absolute atomic E-state index is 0.0681. The molecule has 10 atom stereocenters. The van der Waals surface area contributed by atoms with E-state index in [0.717, 1.165) is 64.5 Å². The van der Waals surface area contributed by atoms with Gasteiger partial charge in [0.15, 0.2) is 0 Å². The van der Waals surface area contributed by atoms with Crippen molar-refractivity contribution in [1.29, 1.82) is 0 Å². The van der Waals surface area contributed by atoms with Crippen molar-refractivity contribution in [3.05, 3.63) is 0 Å². The molecule has 0 aromatic heterocycles. The number of hydrogen-bond acceptors (Lipinski definition) is 5. The molecule has 1 heterocycles. The van der Waals surface area contributed by atoms with E-state index in [0.29, 0.717) is 23.7 Å². The molecule has 0 bridgehead atoms. The first-order chi connectivity index (χ1) is 14.4. The van der Waals surface area contributed by atoms with E-state index in [-0.39, 0.29) is 35.1 Å². The quantitative estimate of drug-likeness (QED) is 0.611. The Morgan fingerprint density at radius 3 is 2.60 bits per heavy atom. The average molecular weight is 419 g/mol. The fourth-order valence-corrected chi connectivity index (χ4v) is 8.85. The summed E-state index contributed by atoms with van der Waals surface area (Å²) in [5.74, 6) is 2.43. The molecule has 1 aliphatic heterocycles. The van der Waals surface area contributed by atoms with E-state index in [2.05, 4.69) is 31.2 Å². The Hall–Kier alpha value is -0.650. The molecule has 0 aromatic rings. The van der Waals surface area contributed by atoms with Crippen LogP contribution in [0.3, 0.4) is 0 Å². The van der Waals surface area contributed by atoms with Gasteiger partial charge in [-0.15, -0.1) is 0 Å². The summed E-state index contributed by atoms with van der Waals surface area (Å²) in [5.41, 5.74) is 1.44. The summed E-state index contributed by atoms with van der Waals surface area (Å²) >= 11 is 0. The van der Waals surface area contributed by atoms with Gasteiger partial charge < -0.3 is 20.4 Å². The van der Waals surface area contributed by atoms with E-state index in [1.54, 1.807) is 0 Å². The molecule has 1 saturated heterocycles. The number of nitrogens with zero attached hydrogens (tertiary/aromatic N) is 1. The number of rotatable bonds is 3. The summed E-state index contributed by atoms with van der Waals surface area (Å²) < 4.78 is 0. The first-order valence-corrected chi connectivity index (χ1v) is 12.7. The van der Waals surface area contributed by atoms with Crippen molar-refractivity contribution >= 4 is 5.71 Å². The van der Waals surface area contributed by atoms with Crippen molar-refractivity contribution in [2.45, 2.75) is 96.9 Å². The second-order valence-electron chi connectivity index (χ2n) is 11.7. The van der Waals surface area contributed by atoms with Crippen LogP contribution in [-0.2, 0) is 4.84 Å². The summed E-state index contributed by atoms with van der Waals surface area (Å²) in [5, 5.41) is 30.2. The minimum Gasteiger partial charge on any atom is -0.393 e. The van der Waals surface area contributed by atoms with Gasteiger partial charge in [-0.05, 0) is 92.4 Å². The van der Waals surface area contributed by atoms with E-state index < -0.39 is 0 Å². The molecule has 170 valence electrons. The lowest BCUT2D eigenvalue weighted by atomic mass is 9.43. The van der Waals surface area contributed by atoms with Gasteiger partial charge in [-0.1, -0.05) is 25.9 Å². The fraction of sp³-hybridized carbons (Fsp3) is 0.960. The smallest absolute Gasteiger partial charge is 0.141 e. The average Bonchev–Trinajstić information content (AvgIpc) is 3.34. The summed E-state index contributed by atoms with van der Waals surface area (Å²) in [6, 6.07) is 0. The van der Waals surface area contributed by atoms with E-state index in [9.17, 15) is 10.2 Å². The van der Waals surface area contributed by atoms with Crippen LogP contribution >= 0.6 is 0 Å². The second kappa shape index (κ2) is 7.74. The molecule has 30 heavy (non-hydrogen) atoms. The summed E-state index contributed by atoms with van der Waals surface area (Å²) in [7, 11) is 0. The van der Waals surface area contributed by atoms with Gasteiger partial charge >= 0.3 is 0 Å². The molecular weight excluding hydrogens is 376 g/mol. The normalized spacial score (nSPS) is 54.5. The Kier molecular flexibility index (Phi) is 5.47. The molecule has 0 aromatic carbocycles. The Bertz CT molecular complexity index is 677. The van der Waals surface area contributed by atoms with E-state index >= 15 is 0 Å². The van der Waals surface area contributed by atoms with Crippen LogP contribution in [0.1, 0.15) is 78.6 Å². The Morgan fingerprint density at radius 1 is 1.07 bits per heavy atom. The van der Waals surface area contributed by atoms with Crippen LogP contribution < -0.4 is 5.32 Å². The van der Waals surface area contributed by atoms with Crippen molar-refractivity contribution in [1.82, 2.24) is 5.32 Å². The monoisotopic (exact) mass is 418 g/mol. The van der Waals surface area contributed by atoms with Crippen LogP contribution in [0.4, 0.5) is 0 Å². The molecule has 4 saturated carbocycles. The maximum Gasteiger partial charge on any atom is 0.141 e. The molecule has 4 aliphatic carbocycles. The van der Waals surface area contributed by atoms with Crippen LogP contribution in [-0.4, -0.2) is 47.3 Å². The number of nitrogens with one attached hydrogen (secondary N) is 1. The summed E-state index contributed by atoms with van der Waals surface area (Å²) in [4.78, 5) is 5.93. The van der Waals surface area contributed by atoms with Gasteiger partial charge in [-0.2, -0.15) is 0 Å². The van der Waals surface area contributed by atoms with Gasteiger partial charge in [0, 0.05) is 18.9 Å². The predicted molar refractivity (Wildman–Crippen MR) is 118 cm³/mol. The van der Waals surface area contributed by atoms with Crippen LogP contribution in [0.2, 0.25) is 0 Å². The van der Waals surface area contributed by atoms with Gasteiger partial charge in [0.25, 0.3) is 0 Å². The number of aliphatic hydroxyl groups excluding tert-OH is 2. The lowest BCUT2D eigenvalue weighted by molar-refractivity contribution is -0.164. The molecule has 3 N–H and O–H groups in total. The molecule has 0 spiro atoms. The van der Waals surface area contributed by atoms with Gasteiger partial charge in [-0.3, -0.25) is 0 Å². The van der Waals surface area contributed by atoms with E-state index in [1.165, 1.54) is 12.1 Å². The second-order valence-corrected chi connectivity index (χ2v) is 11.7. The summed E-state index contributed by atoms with van der Waals surface area (Å²) in [6.07, 6.45) is 9.32. The number of oxime groups is 1. The fourth-order valence-electron chi connectivity index (χ4n) is 8.85. The molecule has 5 nitrogen and oxygen atoms in total. The first kappa shape index (κ1) is 21.2. The third-order valence-corrected chi connectivity index (χ3v) is 10.5. The zero-order chi connectivity index (χ0) is 21.1. The lowest BCUT2D eigenvalue weighted by Crippen LogP contribution is -2.60. The SMILES string of the molecule is CC[C@H]1/C(=N/O[C@H]2CCNC2)CC[C@@]2(C)C1[C@H](O)C[C@H]1[C@@H]3CC[C@H](O)[C@@]3(C)CC[C@@H]12. The molecule has 5 heteroatoms. The van der Waals surface area contributed by atoms with Crippen molar-refractivity contribution in [3.8, 4) is 0 Å². The van der Waals surface area contributed by atoms with Crippen LogP contribution in [0.5, 0.6) is 0 Å². The molecular formula is C25H42N2O3. The van der Waals surface area contributed by atoms with Crippen molar-refractivity contribution < 1.29 is 15.1 Å². The largest absolute Gasteiger partial charge is 0.393 e. The van der Waals surface area contributed by atoms with Gasteiger partial charge in [0.1, 0.15) is 6.10 Å². The highest BCUT2D eigenvalue weighted by molar-refractivity contribution is 5.87. The number of aliphatic hydroxyl groups is 2. The molecule has 1 unspecified atom stereocenters. The zero-order valence-corrected chi connectivity index (χ0v) is 19.1. The molecule has 5 aliphatic rings. The third kappa shape index (κ3) is 3.09. The Labute approximate surface area is 182 Å². The Morgan fingerprint density at radius 2 is 1.87 bits per heavy atom. The van der Waals surface area contributed by atoms with Crippen molar-refractivity contribution in [2.24, 2.45) is 45.6 Å². The highest BCUT2D eigenvalue weighted by Crippen LogP contribution is 2.66. The van der Waals surface area contributed by atoms with E-state index in [1.807, 2.05) is 0 Å². The Balaban J connectivity index is 1.40. The summed E-state index contributed by atoms with van der Waals surface area (Å²) in [6.45, 7) is 8.97. The zero-order valence-electron chi connectivity index (χ0n) is 19.1. The maximum absolute atomic E-state index is 11.5. The molecule has 0 radical (unpaired) electrons. The standard InChI is InChI=1S/C25H42N2O3/c1-4-16-20(27-30-15-9-12-26-14-15)8-11-25(3)19-7-10-24(2)18(5-6-22(24)29)17(19)13-21(28)23(16)25/h15-19,21-23,26,28-29H,4-14H2,1-3H3/b27-20+/t15-,16-,17-,18-,19-,21+,22-,23?,24-,25+/m0/s1. The molecule has 5 fully saturated rings. The van der Waals surface area contributed by atoms with Crippen molar-refractivity contribution in [2.75, 3.05) is 13.1 Å². The highest BCUT2D eigenvalue weighted by atomic mass is 16.6. The van der Waals surface area contributed by atoms with Crippen molar-refractivity contribution in [3.63, 3.8) is 0 Å². The lowest BCUT2D eigenvalue weighted by Gasteiger charge is -2.63.